The van der Waals surface area contributed by atoms with Crippen LogP contribution >= 0.6 is 24.0 Å². The second-order valence-corrected chi connectivity index (χ2v) is 6.88. The third-order valence-electron chi connectivity index (χ3n) is 4.64. The zero-order chi connectivity index (χ0) is 18.4. The number of amides is 1. The normalized spacial score (nSPS) is 15.5. The second kappa shape index (κ2) is 10.7. The number of piperidine rings is 1. The maximum atomic E-state index is 12.2. The number of benzene rings is 1. The Morgan fingerprint density at radius 1 is 1.35 bits per heavy atom. The van der Waals surface area contributed by atoms with Gasteiger partial charge in [-0.1, -0.05) is 24.6 Å². The fourth-order valence-corrected chi connectivity index (χ4v) is 3.37. The number of hydrogen-bond acceptors (Lipinski definition) is 4. The van der Waals surface area contributed by atoms with E-state index in [1.165, 1.54) is 0 Å². The van der Waals surface area contributed by atoms with E-state index in [0.717, 1.165) is 38.0 Å². The number of aliphatic carboxylic acids is 1. The first-order chi connectivity index (χ1) is 11.9. The predicted molar refractivity (Wildman–Crippen MR) is 106 cm³/mol. The minimum Gasteiger partial charge on any atom is -0.480 e. The summed E-state index contributed by atoms with van der Waals surface area (Å²) >= 11 is 6.08. The number of hydrogen-bond donors (Lipinski definition) is 2. The molecule has 0 spiro atoms. The molecule has 1 heterocycles. The average Bonchev–Trinajstić information content (AvgIpc) is 2.56. The highest BCUT2D eigenvalue weighted by Crippen LogP contribution is 2.20. The summed E-state index contributed by atoms with van der Waals surface area (Å²) in [7, 11) is 0. The van der Waals surface area contributed by atoms with Crippen molar-refractivity contribution in [2.24, 2.45) is 0 Å². The van der Waals surface area contributed by atoms with Crippen LogP contribution in [-0.2, 0) is 9.59 Å². The summed E-state index contributed by atoms with van der Waals surface area (Å²) in [5.41, 5.74) is 1.68. The van der Waals surface area contributed by atoms with Crippen LogP contribution in [0.25, 0.3) is 0 Å². The van der Waals surface area contributed by atoms with Crippen molar-refractivity contribution in [1.29, 1.82) is 0 Å². The van der Waals surface area contributed by atoms with E-state index in [4.69, 9.17) is 16.7 Å². The van der Waals surface area contributed by atoms with Crippen molar-refractivity contribution in [2.75, 3.05) is 38.0 Å². The number of nitrogens with zero attached hydrogens (tertiary/aromatic N) is 2. The number of rotatable bonds is 7. The van der Waals surface area contributed by atoms with Gasteiger partial charge in [0.1, 0.15) is 0 Å². The van der Waals surface area contributed by atoms with Gasteiger partial charge in [0, 0.05) is 29.8 Å². The largest absolute Gasteiger partial charge is 0.480 e. The first kappa shape index (κ1) is 22.7. The van der Waals surface area contributed by atoms with Crippen LogP contribution in [0.2, 0.25) is 5.02 Å². The van der Waals surface area contributed by atoms with E-state index in [1.807, 2.05) is 30.9 Å². The van der Waals surface area contributed by atoms with Gasteiger partial charge in [0.05, 0.1) is 13.1 Å². The Hall–Kier alpha value is -1.34. The van der Waals surface area contributed by atoms with Gasteiger partial charge in [-0.15, -0.1) is 12.4 Å². The van der Waals surface area contributed by atoms with E-state index in [2.05, 4.69) is 10.2 Å². The second-order valence-electron chi connectivity index (χ2n) is 6.48. The van der Waals surface area contributed by atoms with Gasteiger partial charge in [0.2, 0.25) is 5.91 Å². The fourth-order valence-electron chi connectivity index (χ4n) is 3.19. The summed E-state index contributed by atoms with van der Waals surface area (Å²) < 4.78 is 0. The molecular formula is C18H27Cl2N3O3. The summed E-state index contributed by atoms with van der Waals surface area (Å²) in [6.45, 7) is 6.63. The molecule has 0 saturated carbocycles. The number of halogens is 2. The maximum Gasteiger partial charge on any atom is 0.317 e. The molecule has 1 amide bonds. The molecule has 0 radical (unpaired) electrons. The lowest BCUT2D eigenvalue weighted by Crippen LogP contribution is -2.48. The van der Waals surface area contributed by atoms with Crippen LogP contribution in [0, 0.1) is 6.92 Å². The highest BCUT2D eigenvalue weighted by Gasteiger charge is 2.25. The van der Waals surface area contributed by atoms with Gasteiger partial charge in [-0.2, -0.15) is 0 Å². The lowest BCUT2D eigenvalue weighted by molar-refractivity contribution is -0.139. The molecule has 6 nitrogen and oxygen atoms in total. The van der Waals surface area contributed by atoms with Gasteiger partial charge in [-0.05, 0) is 44.0 Å². The molecule has 8 heteroatoms. The zero-order valence-corrected chi connectivity index (χ0v) is 16.8. The molecule has 1 saturated heterocycles. The Labute approximate surface area is 165 Å². The molecule has 0 unspecified atom stereocenters. The SMILES string of the molecule is CCN(CC(=O)O)C1CCN(CC(=O)Nc2ccc(C)c(Cl)c2)CC1.Cl. The van der Waals surface area contributed by atoms with Crippen molar-refractivity contribution in [1.82, 2.24) is 9.80 Å². The van der Waals surface area contributed by atoms with Gasteiger partial charge >= 0.3 is 5.97 Å². The first-order valence-electron chi connectivity index (χ1n) is 8.63. The number of aryl methyl sites for hydroxylation is 1. The van der Waals surface area contributed by atoms with Gasteiger partial charge < -0.3 is 10.4 Å². The third-order valence-corrected chi connectivity index (χ3v) is 5.05. The number of carbonyl (C=O) groups is 2. The van der Waals surface area contributed by atoms with E-state index >= 15 is 0 Å². The van der Waals surface area contributed by atoms with E-state index in [1.54, 1.807) is 6.07 Å². The smallest absolute Gasteiger partial charge is 0.317 e. The quantitative estimate of drug-likeness (QED) is 0.731. The molecule has 0 atom stereocenters. The van der Waals surface area contributed by atoms with Crippen LogP contribution in [0.5, 0.6) is 0 Å². The summed E-state index contributed by atoms with van der Waals surface area (Å²) in [5, 5.41) is 12.5. The molecule has 0 aromatic heterocycles. The molecule has 2 N–H and O–H groups in total. The van der Waals surface area contributed by atoms with Crippen LogP contribution in [0.3, 0.4) is 0 Å². The molecule has 1 aliphatic heterocycles. The number of anilines is 1. The maximum absolute atomic E-state index is 12.2. The van der Waals surface area contributed by atoms with Crippen molar-refractivity contribution in [3.05, 3.63) is 28.8 Å². The number of carboxylic acid groups (broad SMARTS) is 1. The average molecular weight is 404 g/mol. The molecule has 1 fully saturated rings. The Kier molecular flexibility index (Phi) is 9.36. The first-order valence-corrected chi connectivity index (χ1v) is 9.01. The summed E-state index contributed by atoms with van der Waals surface area (Å²) in [5.74, 6) is -0.850. The van der Waals surface area contributed by atoms with Crippen LogP contribution in [0.15, 0.2) is 18.2 Å². The zero-order valence-electron chi connectivity index (χ0n) is 15.2. The van der Waals surface area contributed by atoms with E-state index in [0.29, 0.717) is 17.3 Å². The molecule has 1 aliphatic rings. The van der Waals surface area contributed by atoms with Crippen molar-refractivity contribution in [2.45, 2.75) is 32.7 Å². The Balaban J connectivity index is 0.00000338. The van der Waals surface area contributed by atoms with Crippen molar-refractivity contribution >= 4 is 41.6 Å². The number of likely N-dealkylation sites (tertiary alicyclic amines) is 1. The monoisotopic (exact) mass is 403 g/mol. The highest BCUT2D eigenvalue weighted by molar-refractivity contribution is 6.31. The molecule has 146 valence electrons. The minimum atomic E-state index is -0.791. The Bertz CT molecular complexity index is 620. The standard InChI is InChI=1S/C18H26ClN3O3.ClH/c1-3-22(12-18(24)25)15-6-8-21(9-7-15)11-17(23)20-14-5-4-13(2)16(19)10-14;/h4-5,10,15H,3,6-9,11-12H2,1-2H3,(H,20,23)(H,24,25);1H. The predicted octanol–water partition coefficient (Wildman–Crippen LogP) is 2.88. The summed E-state index contributed by atoms with van der Waals surface area (Å²) in [6.07, 6.45) is 1.76. The summed E-state index contributed by atoms with van der Waals surface area (Å²) in [6, 6.07) is 5.75. The minimum absolute atomic E-state index is 0. The van der Waals surface area contributed by atoms with Gasteiger partial charge in [0.15, 0.2) is 0 Å². The highest BCUT2D eigenvalue weighted by atomic mass is 35.5. The van der Waals surface area contributed by atoms with Crippen molar-refractivity contribution in [3.8, 4) is 0 Å². The van der Waals surface area contributed by atoms with E-state index < -0.39 is 5.97 Å². The number of nitrogens with one attached hydrogen (secondary N) is 1. The summed E-state index contributed by atoms with van der Waals surface area (Å²) in [4.78, 5) is 27.2. The number of carboxylic acids is 1. The van der Waals surface area contributed by atoms with E-state index in [9.17, 15) is 9.59 Å². The molecule has 2 rings (SSSR count). The van der Waals surface area contributed by atoms with Crippen molar-refractivity contribution < 1.29 is 14.7 Å². The lowest BCUT2D eigenvalue weighted by atomic mass is 10.0. The van der Waals surface area contributed by atoms with E-state index in [-0.39, 0.29) is 30.9 Å². The Morgan fingerprint density at radius 2 is 2.00 bits per heavy atom. The third kappa shape index (κ3) is 6.76. The molecule has 1 aromatic carbocycles. The van der Waals surface area contributed by atoms with Crippen molar-refractivity contribution in [3.63, 3.8) is 0 Å². The van der Waals surface area contributed by atoms with Gasteiger partial charge in [-0.3, -0.25) is 19.4 Å². The molecule has 0 aliphatic carbocycles. The molecule has 26 heavy (non-hydrogen) atoms. The fraction of sp³-hybridized carbons (Fsp3) is 0.556. The number of likely N-dealkylation sites (N-methyl/N-ethyl adjacent to an activating group) is 1. The van der Waals surface area contributed by atoms with Crippen LogP contribution in [-0.4, -0.2) is 65.5 Å². The van der Waals surface area contributed by atoms with Crippen LogP contribution < -0.4 is 5.32 Å². The topological polar surface area (TPSA) is 72.9 Å². The Morgan fingerprint density at radius 3 is 2.54 bits per heavy atom. The van der Waals surface area contributed by atoms with Gasteiger partial charge in [-0.25, -0.2) is 0 Å². The van der Waals surface area contributed by atoms with Crippen LogP contribution in [0.4, 0.5) is 5.69 Å². The van der Waals surface area contributed by atoms with Crippen LogP contribution in [0.1, 0.15) is 25.3 Å². The number of carbonyl (C=O) groups excluding carboxylic acids is 1. The van der Waals surface area contributed by atoms with Gasteiger partial charge in [0.25, 0.3) is 0 Å². The molecule has 0 bridgehead atoms. The lowest BCUT2D eigenvalue weighted by Gasteiger charge is -2.37. The molecular weight excluding hydrogens is 377 g/mol. The molecule has 1 aromatic rings.